The van der Waals surface area contributed by atoms with Crippen LogP contribution in [0.15, 0.2) is 36.5 Å². The maximum absolute atomic E-state index is 12.9. The first-order chi connectivity index (χ1) is 14.3. The number of amides is 3. The van der Waals surface area contributed by atoms with Crippen LogP contribution in [-0.4, -0.2) is 43.2 Å². The number of urea groups is 1. The number of hydrogen-bond acceptors (Lipinski definition) is 3. The van der Waals surface area contributed by atoms with E-state index >= 15 is 0 Å². The topological polar surface area (TPSA) is 83.1 Å². The summed E-state index contributed by atoms with van der Waals surface area (Å²) in [7, 11) is 1.50. The molecule has 3 rings (SSSR count). The van der Waals surface area contributed by atoms with Crippen LogP contribution >= 0.6 is 0 Å². The van der Waals surface area contributed by atoms with Crippen molar-refractivity contribution in [1.29, 1.82) is 0 Å². The van der Waals surface area contributed by atoms with Gasteiger partial charge in [0.2, 0.25) is 0 Å². The third-order valence-electron chi connectivity index (χ3n) is 5.12. The van der Waals surface area contributed by atoms with E-state index < -0.39 is 12.1 Å². The van der Waals surface area contributed by atoms with E-state index in [0.29, 0.717) is 17.5 Å². The van der Waals surface area contributed by atoms with Crippen molar-refractivity contribution in [2.75, 3.05) is 20.1 Å². The molecule has 0 radical (unpaired) electrons. The third-order valence-corrected chi connectivity index (χ3v) is 5.12. The quantitative estimate of drug-likeness (QED) is 0.646. The molecule has 2 aromatic rings. The lowest BCUT2D eigenvalue weighted by molar-refractivity contribution is -0.175. The SMILES string of the molecule is CNC(=O)NCCNC(=O)c1cnc2c(C3=CCC(C(F)(F)F)CC3)cccc2c1. The second kappa shape index (κ2) is 9.15. The molecule has 6 nitrogen and oxygen atoms in total. The Kier molecular flexibility index (Phi) is 6.59. The molecular formula is C21H23F3N4O2. The molecule has 1 unspecified atom stereocenters. The number of aromatic nitrogens is 1. The normalized spacial score (nSPS) is 16.7. The number of benzene rings is 1. The Bertz CT molecular complexity index is 972. The predicted octanol–water partition coefficient (Wildman–Crippen LogP) is 3.64. The number of rotatable bonds is 5. The van der Waals surface area contributed by atoms with Gasteiger partial charge < -0.3 is 16.0 Å². The van der Waals surface area contributed by atoms with Gasteiger partial charge in [-0.2, -0.15) is 13.2 Å². The minimum absolute atomic E-state index is 0.0280. The number of carbonyl (C=O) groups excluding carboxylic acids is 2. The highest BCUT2D eigenvalue weighted by atomic mass is 19.4. The molecule has 1 atom stereocenters. The number of para-hydroxylation sites is 1. The van der Waals surface area contributed by atoms with Crippen LogP contribution in [0.3, 0.4) is 0 Å². The molecule has 0 aliphatic heterocycles. The number of halogens is 3. The van der Waals surface area contributed by atoms with Gasteiger partial charge in [0, 0.05) is 37.3 Å². The zero-order valence-electron chi connectivity index (χ0n) is 16.5. The smallest absolute Gasteiger partial charge is 0.350 e. The summed E-state index contributed by atoms with van der Waals surface area (Å²) in [4.78, 5) is 27.8. The van der Waals surface area contributed by atoms with E-state index in [1.807, 2.05) is 18.2 Å². The summed E-state index contributed by atoms with van der Waals surface area (Å²) < 4.78 is 38.7. The molecule has 0 saturated carbocycles. The maximum Gasteiger partial charge on any atom is 0.392 e. The molecule has 1 heterocycles. The van der Waals surface area contributed by atoms with Gasteiger partial charge in [-0.1, -0.05) is 24.3 Å². The Morgan fingerprint density at radius 3 is 2.63 bits per heavy atom. The first-order valence-electron chi connectivity index (χ1n) is 9.68. The lowest BCUT2D eigenvalue weighted by atomic mass is 9.85. The summed E-state index contributed by atoms with van der Waals surface area (Å²) in [6, 6.07) is 6.85. The van der Waals surface area contributed by atoms with Crippen molar-refractivity contribution in [3.05, 3.63) is 47.7 Å². The number of pyridine rings is 1. The van der Waals surface area contributed by atoms with Gasteiger partial charge in [-0.3, -0.25) is 9.78 Å². The van der Waals surface area contributed by atoms with Crippen LogP contribution in [0.2, 0.25) is 0 Å². The Balaban J connectivity index is 1.72. The molecule has 1 aromatic heterocycles. The Labute approximate surface area is 171 Å². The minimum atomic E-state index is -4.17. The summed E-state index contributed by atoms with van der Waals surface area (Å²) in [6.07, 6.45) is -0.688. The van der Waals surface area contributed by atoms with Crippen molar-refractivity contribution in [1.82, 2.24) is 20.9 Å². The molecular weight excluding hydrogens is 397 g/mol. The number of carbonyl (C=O) groups is 2. The lowest BCUT2D eigenvalue weighted by Crippen LogP contribution is -2.38. The van der Waals surface area contributed by atoms with Crippen LogP contribution in [0.1, 0.15) is 35.2 Å². The van der Waals surface area contributed by atoms with Crippen molar-refractivity contribution in [3.8, 4) is 0 Å². The fourth-order valence-corrected chi connectivity index (χ4v) is 3.46. The van der Waals surface area contributed by atoms with Crippen LogP contribution in [0, 0.1) is 5.92 Å². The molecule has 0 bridgehead atoms. The van der Waals surface area contributed by atoms with Gasteiger partial charge in [0.15, 0.2) is 0 Å². The fourth-order valence-electron chi connectivity index (χ4n) is 3.46. The number of alkyl halides is 3. The Morgan fingerprint density at radius 2 is 1.97 bits per heavy atom. The number of hydrogen-bond donors (Lipinski definition) is 3. The van der Waals surface area contributed by atoms with Gasteiger partial charge in [0.05, 0.1) is 17.0 Å². The molecule has 3 N–H and O–H groups in total. The van der Waals surface area contributed by atoms with Gasteiger partial charge in [-0.25, -0.2) is 4.79 Å². The second-order valence-electron chi connectivity index (χ2n) is 7.11. The number of allylic oxidation sites excluding steroid dienone is 2. The highest BCUT2D eigenvalue weighted by Gasteiger charge is 2.39. The summed E-state index contributed by atoms with van der Waals surface area (Å²) in [5, 5.41) is 8.42. The van der Waals surface area contributed by atoms with Crippen LogP contribution in [0.4, 0.5) is 18.0 Å². The van der Waals surface area contributed by atoms with Crippen molar-refractivity contribution in [3.63, 3.8) is 0 Å². The van der Waals surface area contributed by atoms with Gasteiger partial charge in [-0.05, 0) is 30.9 Å². The summed E-state index contributed by atoms with van der Waals surface area (Å²) in [6.45, 7) is 0.543. The average Bonchev–Trinajstić information content (AvgIpc) is 2.75. The van der Waals surface area contributed by atoms with E-state index in [1.54, 1.807) is 12.1 Å². The second-order valence-corrected chi connectivity index (χ2v) is 7.11. The monoisotopic (exact) mass is 420 g/mol. The van der Waals surface area contributed by atoms with Crippen LogP contribution in [0.25, 0.3) is 16.5 Å². The zero-order valence-corrected chi connectivity index (χ0v) is 16.5. The molecule has 1 aliphatic rings. The molecule has 30 heavy (non-hydrogen) atoms. The van der Waals surface area contributed by atoms with E-state index in [4.69, 9.17) is 0 Å². The van der Waals surface area contributed by atoms with Crippen molar-refractivity contribution in [2.45, 2.75) is 25.4 Å². The Morgan fingerprint density at radius 1 is 1.20 bits per heavy atom. The highest BCUT2D eigenvalue weighted by molar-refractivity contribution is 5.99. The van der Waals surface area contributed by atoms with E-state index in [2.05, 4.69) is 20.9 Å². The van der Waals surface area contributed by atoms with E-state index in [0.717, 1.165) is 16.5 Å². The van der Waals surface area contributed by atoms with E-state index in [9.17, 15) is 22.8 Å². The van der Waals surface area contributed by atoms with Crippen molar-refractivity contribution in [2.24, 2.45) is 5.92 Å². The maximum atomic E-state index is 12.9. The summed E-state index contributed by atoms with van der Waals surface area (Å²) in [5.74, 6) is -1.62. The Hall–Kier alpha value is -3.10. The summed E-state index contributed by atoms with van der Waals surface area (Å²) >= 11 is 0. The zero-order chi connectivity index (χ0) is 21.7. The highest BCUT2D eigenvalue weighted by Crippen LogP contribution is 2.40. The third kappa shape index (κ3) is 5.08. The number of fused-ring (bicyclic) bond motifs is 1. The van der Waals surface area contributed by atoms with Crippen LogP contribution in [-0.2, 0) is 0 Å². The molecule has 3 amide bonds. The first kappa shape index (κ1) is 21.6. The molecule has 0 saturated heterocycles. The molecule has 0 spiro atoms. The van der Waals surface area contributed by atoms with Crippen molar-refractivity contribution >= 4 is 28.4 Å². The largest absolute Gasteiger partial charge is 0.392 e. The average molecular weight is 420 g/mol. The van der Waals surface area contributed by atoms with Gasteiger partial charge in [0.25, 0.3) is 5.91 Å². The lowest BCUT2D eigenvalue weighted by Gasteiger charge is -2.24. The molecule has 1 aliphatic carbocycles. The minimum Gasteiger partial charge on any atom is -0.350 e. The van der Waals surface area contributed by atoms with Gasteiger partial charge in [0.1, 0.15) is 0 Å². The molecule has 0 fully saturated rings. The van der Waals surface area contributed by atoms with E-state index in [-0.39, 0.29) is 37.9 Å². The number of nitrogens with one attached hydrogen (secondary N) is 3. The van der Waals surface area contributed by atoms with E-state index in [1.165, 1.54) is 13.2 Å². The molecule has 1 aromatic carbocycles. The fraction of sp³-hybridized carbons (Fsp3) is 0.381. The molecule has 160 valence electrons. The predicted molar refractivity (Wildman–Crippen MR) is 108 cm³/mol. The van der Waals surface area contributed by atoms with Gasteiger partial charge in [-0.15, -0.1) is 0 Å². The molecule has 9 heteroatoms. The first-order valence-corrected chi connectivity index (χ1v) is 9.68. The standard InChI is InChI=1S/C21H23F3N4O2/c1-25-20(30)27-10-9-26-19(29)15-11-14-3-2-4-17(18(14)28-12-15)13-5-7-16(8-6-13)21(22,23)24/h2-5,11-12,16H,6-10H2,1H3,(H,26,29)(H2,25,27,30). The van der Waals surface area contributed by atoms with Crippen molar-refractivity contribution < 1.29 is 22.8 Å². The van der Waals surface area contributed by atoms with Crippen LogP contribution < -0.4 is 16.0 Å². The van der Waals surface area contributed by atoms with Crippen LogP contribution in [0.5, 0.6) is 0 Å². The summed E-state index contributed by atoms with van der Waals surface area (Å²) in [5.41, 5.74) is 2.68. The number of nitrogens with zero attached hydrogens (tertiary/aromatic N) is 1. The van der Waals surface area contributed by atoms with Gasteiger partial charge >= 0.3 is 12.2 Å².